The lowest BCUT2D eigenvalue weighted by molar-refractivity contribution is -0.171. The summed E-state index contributed by atoms with van der Waals surface area (Å²) < 4.78 is 17.2. The molecule has 2 aromatic carbocycles. The van der Waals surface area contributed by atoms with Crippen molar-refractivity contribution in [3.8, 4) is 22.8 Å². The van der Waals surface area contributed by atoms with Crippen LogP contribution in [0.2, 0.25) is 0 Å². The Morgan fingerprint density at radius 2 is 1.70 bits per heavy atom. The number of nitrogens with two attached hydrogens (primary N) is 1. The van der Waals surface area contributed by atoms with Gasteiger partial charge in [-0.1, -0.05) is 18.2 Å². The minimum Gasteiger partial charge on any atom is -0.507 e. The normalized spacial score (nSPS) is 22.8. The molecule has 2 aliphatic heterocycles. The van der Waals surface area contributed by atoms with Crippen molar-refractivity contribution >= 4 is 41.0 Å². The molecule has 0 spiro atoms. The van der Waals surface area contributed by atoms with Gasteiger partial charge in [-0.3, -0.25) is 34.2 Å². The van der Waals surface area contributed by atoms with Gasteiger partial charge in [-0.15, -0.1) is 10.2 Å². The number of hydrogen-bond acceptors (Lipinski definition) is 13. The third kappa shape index (κ3) is 7.37. The van der Waals surface area contributed by atoms with Crippen LogP contribution < -0.4 is 26.4 Å². The Hall–Kier alpha value is -5.61. The highest BCUT2D eigenvalue weighted by Crippen LogP contribution is 2.68. The smallest absolute Gasteiger partial charge is 0.264 e. The molecule has 1 aromatic heterocycles. The fourth-order valence-corrected chi connectivity index (χ4v) is 7.86. The highest BCUT2D eigenvalue weighted by Gasteiger charge is 2.67. The zero-order valence-corrected chi connectivity index (χ0v) is 29.0. The van der Waals surface area contributed by atoms with Crippen LogP contribution in [0.1, 0.15) is 65.7 Å². The molecule has 0 radical (unpaired) electrons. The SMILES string of the molecule is Nc1nnc(-c2ccccc2O)cc1OCCC12CC(NC(=O)CCOCCOCCNc3cccc4c3C(=O)N(C3CCC(=O)NC3=O)C4=O)(C1)C2. The zero-order chi connectivity index (χ0) is 37.2. The van der Waals surface area contributed by atoms with Crippen LogP contribution in [-0.4, -0.2) is 101 Å². The van der Waals surface area contributed by atoms with Gasteiger partial charge in [-0.2, -0.15) is 0 Å². The second-order valence-corrected chi connectivity index (χ2v) is 14.0. The van der Waals surface area contributed by atoms with Crippen LogP contribution in [0.15, 0.2) is 48.5 Å². The Kier molecular flexibility index (Phi) is 9.98. The maximum Gasteiger partial charge on any atom is 0.264 e. The molecule has 1 unspecified atom stereocenters. The molecule has 5 aliphatic rings. The summed E-state index contributed by atoms with van der Waals surface area (Å²) in [5, 5.41) is 26.7. The number of aromatic hydroxyl groups is 1. The number of rotatable bonds is 17. The Bertz CT molecular complexity index is 1930. The maximum absolute atomic E-state index is 13.2. The fourth-order valence-electron chi connectivity index (χ4n) is 7.86. The third-order valence-corrected chi connectivity index (χ3v) is 10.3. The fraction of sp³-hybridized carbons (Fsp3) is 0.432. The van der Waals surface area contributed by atoms with Gasteiger partial charge in [0.25, 0.3) is 11.8 Å². The number of carbonyl (C=O) groups is 5. The maximum atomic E-state index is 13.2. The molecule has 3 aliphatic carbocycles. The number of carbonyl (C=O) groups excluding carboxylic acids is 5. The molecule has 16 heteroatoms. The lowest BCUT2D eigenvalue weighted by Crippen LogP contribution is -2.74. The standard InChI is InChI=1S/C37H41N7O9/c38-32-28(18-25(42-43-32)22-4-1-2-7-27(22)45)53-14-11-36-19-37(20-36,21-36)41-30(47)10-13-51-16-17-52-15-12-39-24-6-3-5-23-31(24)35(50)44(34(23)49)26-8-9-29(46)40-33(26)48/h1-7,18,26,39,45H,8-17,19-21H2,(H2,38,43)(H,41,47)(H,40,46,48). The van der Waals surface area contributed by atoms with Crippen molar-refractivity contribution in [2.24, 2.45) is 5.41 Å². The monoisotopic (exact) mass is 727 g/mol. The molecule has 2 bridgehead atoms. The molecule has 3 saturated carbocycles. The summed E-state index contributed by atoms with van der Waals surface area (Å²) in [6, 6.07) is 12.4. The number of aromatic nitrogens is 2. The molecular formula is C37H41N7O9. The molecule has 4 fully saturated rings. The van der Waals surface area contributed by atoms with E-state index in [1.807, 2.05) is 0 Å². The van der Waals surface area contributed by atoms with Gasteiger partial charge in [0.1, 0.15) is 17.5 Å². The zero-order valence-electron chi connectivity index (χ0n) is 29.0. The van der Waals surface area contributed by atoms with Crippen LogP contribution in [0, 0.1) is 5.41 Å². The van der Waals surface area contributed by atoms with Gasteiger partial charge in [-0.25, -0.2) is 0 Å². The quantitative estimate of drug-likeness (QED) is 0.0995. The minimum absolute atomic E-state index is 0.0495. The molecule has 1 saturated heterocycles. The highest BCUT2D eigenvalue weighted by molar-refractivity contribution is 6.25. The van der Waals surface area contributed by atoms with Gasteiger partial charge in [0, 0.05) is 42.2 Å². The Labute approximate surface area is 304 Å². The minimum atomic E-state index is -1.03. The largest absolute Gasteiger partial charge is 0.507 e. The summed E-state index contributed by atoms with van der Waals surface area (Å²) >= 11 is 0. The molecule has 16 nitrogen and oxygen atoms in total. The van der Waals surface area contributed by atoms with Crippen molar-refractivity contribution in [3.63, 3.8) is 0 Å². The van der Waals surface area contributed by atoms with Crippen LogP contribution in [-0.2, 0) is 23.9 Å². The summed E-state index contributed by atoms with van der Waals surface area (Å²) in [6.07, 6.45) is 3.92. The van der Waals surface area contributed by atoms with Gasteiger partial charge >= 0.3 is 0 Å². The number of amides is 5. The summed E-state index contributed by atoms with van der Waals surface area (Å²) in [7, 11) is 0. The Morgan fingerprint density at radius 1 is 0.943 bits per heavy atom. The summed E-state index contributed by atoms with van der Waals surface area (Å²) in [5.41, 5.74) is 7.84. The van der Waals surface area contributed by atoms with Gasteiger partial charge in [-0.05, 0) is 61.8 Å². The van der Waals surface area contributed by atoms with Crippen molar-refractivity contribution < 1.29 is 43.3 Å². The highest BCUT2D eigenvalue weighted by atomic mass is 16.5. The second kappa shape index (κ2) is 14.8. The molecule has 3 heterocycles. The summed E-state index contributed by atoms with van der Waals surface area (Å²) in [6.45, 7) is 1.98. The first kappa shape index (κ1) is 35.8. The lowest BCUT2D eigenvalue weighted by atomic mass is 9.38. The summed E-state index contributed by atoms with van der Waals surface area (Å²) in [4.78, 5) is 63.6. The van der Waals surface area contributed by atoms with Crippen LogP contribution in [0.3, 0.4) is 0 Å². The van der Waals surface area contributed by atoms with E-state index < -0.39 is 29.7 Å². The molecule has 5 amide bonds. The average Bonchev–Trinajstić information content (AvgIpc) is 3.36. The second-order valence-electron chi connectivity index (χ2n) is 14.0. The van der Waals surface area contributed by atoms with E-state index in [0.717, 1.165) is 30.6 Å². The van der Waals surface area contributed by atoms with Crippen molar-refractivity contribution in [2.45, 2.75) is 56.5 Å². The van der Waals surface area contributed by atoms with Crippen molar-refractivity contribution in [2.75, 3.05) is 50.6 Å². The van der Waals surface area contributed by atoms with Gasteiger partial charge in [0.2, 0.25) is 17.7 Å². The van der Waals surface area contributed by atoms with Gasteiger partial charge in [0.15, 0.2) is 11.6 Å². The van der Waals surface area contributed by atoms with Crippen molar-refractivity contribution in [1.29, 1.82) is 0 Å². The van der Waals surface area contributed by atoms with Crippen LogP contribution >= 0.6 is 0 Å². The molecule has 53 heavy (non-hydrogen) atoms. The number of fused-ring (bicyclic) bond motifs is 1. The van der Waals surface area contributed by atoms with E-state index in [9.17, 15) is 29.1 Å². The van der Waals surface area contributed by atoms with E-state index in [1.54, 1.807) is 48.5 Å². The average molecular weight is 728 g/mol. The number of anilines is 2. The first-order valence-electron chi connectivity index (χ1n) is 17.7. The molecule has 1 atom stereocenters. The predicted octanol–water partition coefficient (Wildman–Crippen LogP) is 2.18. The number of phenols is 1. The number of nitrogens with one attached hydrogen (secondary N) is 3. The molecule has 278 valence electrons. The number of imide groups is 2. The van der Waals surface area contributed by atoms with E-state index in [1.165, 1.54) is 0 Å². The van der Waals surface area contributed by atoms with E-state index in [0.29, 0.717) is 55.7 Å². The number of ether oxygens (including phenoxy) is 3. The number of nitrogens with zero attached hydrogens (tertiary/aromatic N) is 3. The molecule has 8 rings (SSSR count). The summed E-state index contributed by atoms with van der Waals surface area (Å²) in [5.74, 6) is -1.57. The van der Waals surface area contributed by atoms with E-state index in [2.05, 4.69) is 26.1 Å². The first-order chi connectivity index (χ1) is 25.6. The van der Waals surface area contributed by atoms with Crippen LogP contribution in [0.4, 0.5) is 11.5 Å². The molecular weight excluding hydrogens is 686 g/mol. The van der Waals surface area contributed by atoms with Gasteiger partial charge in [0.05, 0.1) is 44.2 Å². The van der Waals surface area contributed by atoms with Gasteiger partial charge < -0.3 is 35.7 Å². The van der Waals surface area contributed by atoms with Crippen molar-refractivity contribution in [3.05, 3.63) is 59.7 Å². The third-order valence-electron chi connectivity index (χ3n) is 10.3. The Balaban J connectivity index is 0.746. The predicted molar refractivity (Wildman–Crippen MR) is 189 cm³/mol. The van der Waals surface area contributed by atoms with Crippen molar-refractivity contribution in [1.82, 2.24) is 25.7 Å². The number of nitrogen functional groups attached to an aromatic ring is 1. The number of piperidine rings is 1. The van der Waals surface area contributed by atoms with E-state index >= 15 is 0 Å². The number of phenolic OH excluding ortho intramolecular Hbond substituents is 1. The first-order valence-corrected chi connectivity index (χ1v) is 17.7. The number of para-hydroxylation sites is 1. The topological polar surface area (TPSA) is 224 Å². The lowest BCUT2D eigenvalue weighted by Gasteiger charge is -2.71. The number of hydrogen-bond donors (Lipinski definition) is 5. The van der Waals surface area contributed by atoms with E-state index in [-0.39, 0.29) is 65.4 Å². The van der Waals surface area contributed by atoms with Crippen LogP contribution in [0.25, 0.3) is 11.3 Å². The van der Waals surface area contributed by atoms with E-state index in [4.69, 9.17) is 19.9 Å². The Morgan fingerprint density at radius 3 is 2.47 bits per heavy atom. The number of benzene rings is 2. The molecule has 6 N–H and O–H groups in total. The molecule has 3 aromatic rings. The van der Waals surface area contributed by atoms with Crippen LogP contribution in [0.5, 0.6) is 11.5 Å².